The van der Waals surface area contributed by atoms with Gasteiger partial charge in [-0.3, -0.25) is 28.8 Å². The summed E-state index contributed by atoms with van der Waals surface area (Å²) in [5.41, 5.74) is -0.606. The maximum Gasteiger partial charge on any atom is 0.246 e. The predicted molar refractivity (Wildman–Crippen MR) is 208 cm³/mol. The Morgan fingerprint density at radius 2 is 1.38 bits per heavy atom. The van der Waals surface area contributed by atoms with Crippen molar-refractivity contribution in [1.29, 1.82) is 0 Å². The number of hydrogen-bond acceptors (Lipinski definition) is 8. The Bertz CT molecular complexity index is 1250. The summed E-state index contributed by atoms with van der Waals surface area (Å²) in [4.78, 5) is 85.1. The number of aliphatic hydroxyl groups is 1. The molecule has 3 aliphatic rings. The van der Waals surface area contributed by atoms with E-state index in [0.29, 0.717) is 69.8 Å². The maximum atomic E-state index is 14.3. The van der Waals surface area contributed by atoms with Crippen molar-refractivity contribution in [2.24, 2.45) is 17.3 Å². The van der Waals surface area contributed by atoms with E-state index in [4.69, 9.17) is 0 Å². The van der Waals surface area contributed by atoms with Crippen LogP contribution >= 0.6 is 11.8 Å². The molecule has 2 heterocycles. The first-order valence-corrected chi connectivity index (χ1v) is 21.5. The highest BCUT2D eigenvalue weighted by Crippen LogP contribution is 2.32. The molecule has 0 aromatic carbocycles. The van der Waals surface area contributed by atoms with Crippen molar-refractivity contribution in [2.75, 3.05) is 31.6 Å². The van der Waals surface area contributed by atoms with E-state index in [9.17, 15) is 33.9 Å². The van der Waals surface area contributed by atoms with Gasteiger partial charge in [-0.1, -0.05) is 66.7 Å². The van der Waals surface area contributed by atoms with Crippen molar-refractivity contribution in [1.82, 2.24) is 31.1 Å². The van der Waals surface area contributed by atoms with Crippen LogP contribution in [0, 0.1) is 17.3 Å². The quantitative estimate of drug-likeness (QED) is 0.150. The first kappa shape index (κ1) is 44.5. The molecule has 6 amide bonds. The van der Waals surface area contributed by atoms with E-state index in [2.05, 4.69) is 28.2 Å². The van der Waals surface area contributed by atoms with Gasteiger partial charge in [0.1, 0.15) is 30.2 Å². The lowest BCUT2D eigenvalue weighted by molar-refractivity contribution is -0.149. The molecule has 0 aromatic rings. The summed E-state index contributed by atoms with van der Waals surface area (Å²) in [6, 6.07) is -4.59. The maximum absolute atomic E-state index is 14.3. The number of hydrogen-bond donors (Lipinski definition) is 5. The number of nitrogens with zero attached hydrogens (tertiary/aromatic N) is 2. The van der Waals surface area contributed by atoms with Gasteiger partial charge in [-0.25, -0.2) is 0 Å². The molecule has 2 saturated heterocycles. The van der Waals surface area contributed by atoms with Crippen LogP contribution in [0.1, 0.15) is 125 Å². The Kier molecular flexibility index (Phi) is 17.9. The minimum absolute atomic E-state index is 0.150. The molecule has 1 aliphatic carbocycles. The number of rotatable bonds is 17. The fourth-order valence-electron chi connectivity index (χ4n) is 7.94. The zero-order valence-electron chi connectivity index (χ0n) is 33.3. The zero-order valence-corrected chi connectivity index (χ0v) is 34.2. The molecule has 7 atom stereocenters. The molecule has 0 unspecified atom stereocenters. The van der Waals surface area contributed by atoms with Crippen LogP contribution in [0.4, 0.5) is 0 Å². The Morgan fingerprint density at radius 1 is 0.792 bits per heavy atom. The monoisotopic (exact) mass is 764 g/mol. The molecule has 3 fully saturated rings. The predicted octanol–water partition coefficient (Wildman–Crippen LogP) is 3.13. The molecular formula is C39H68N6O7S. The van der Waals surface area contributed by atoms with Gasteiger partial charge in [-0.15, -0.1) is 0 Å². The number of carbonyl (C=O) groups is 6. The fourth-order valence-corrected chi connectivity index (χ4v) is 8.41. The molecule has 2 aliphatic heterocycles. The minimum Gasteiger partial charge on any atom is -0.391 e. The zero-order chi connectivity index (χ0) is 39.3. The highest BCUT2D eigenvalue weighted by atomic mass is 32.2. The number of piperidine rings is 1. The Labute approximate surface area is 321 Å². The SMILES string of the molecule is CCCNC(=O)[C@@H](NC(=O)[C@@H]1CCCN1C(=O)[C@H](CCSC)NC(=O)[C@@H]1CCCCN1C(=O)[C@@H](NC(=O)C[C@H](C)C1CCCCC1)C(C)(C)C)[C@@H](C)O. The lowest BCUT2D eigenvalue weighted by Crippen LogP contribution is -2.62. The number of carbonyl (C=O) groups excluding carboxylic acids is 6. The molecule has 3 rings (SSSR count). The standard InChI is InChI=1S/C39H68N6O7S/c1-8-20-40-36(50)32(26(3)46)43-35(49)30-18-14-22-44(30)37(51)28(19-23-53-7)41-34(48)29-17-12-13-21-45(29)38(52)33(39(4,5)6)42-31(47)24-25(2)27-15-10-9-11-16-27/h25-30,32-33,46H,8-24H2,1-7H3,(H,40,50)(H,41,48)(H,42,47)(H,43,49)/t25-,26+,28-,29-,30-,32-,33+/m0/s1. The second-order valence-electron chi connectivity index (χ2n) is 16.5. The Morgan fingerprint density at radius 3 is 1.98 bits per heavy atom. The summed E-state index contributed by atoms with van der Waals surface area (Å²) < 4.78 is 0. The second kappa shape index (κ2) is 21.3. The summed E-state index contributed by atoms with van der Waals surface area (Å²) in [5, 5.41) is 21.6. The molecule has 14 heteroatoms. The van der Waals surface area contributed by atoms with Crippen LogP contribution in [0.25, 0.3) is 0 Å². The van der Waals surface area contributed by atoms with Gasteiger partial charge >= 0.3 is 0 Å². The first-order chi connectivity index (χ1) is 25.1. The lowest BCUT2D eigenvalue weighted by Gasteiger charge is -2.41. The highest BCUT2D eigenvalue weighted by molar-refractivity contribution is 7.98. The number of thioether (sulfide) groups is 1. The van der Waals surface area contributed by atoms with Crippen LogP contribution in [-0.2, 0) is 28.8 Å². The molecule has 0 spiro atoms. The van der Waals surface area contributed by atoms with Crippen LogP contribution in [0.2, 0.25) is 0 Å². The van der Waals surface area contributed by atoms with Gasteiger partial charge in [0.25, 0.3) is 0 Å². The number of aliphatic hydroxyl groups excluding tert-OH is 1. The van der Waals surface area contributed by atoms with Gasteiger partial charge < -0.3 is 36.2 Å². The van der Waals surface area contributed by atoms with Gasteiger partial charge in [-0.05, 0) is 81.1 Å². The summed E-state index contributed by atoms with van der Waals surface area (Å²) in [6.07, 6.45) is 10.9. The highest BCUT2D eigenvalue weighted by Gasteiger charge is 2.43. The van der Waals surface area contributed by atoms with E-state index in [1.165, 1.54) is 42.8 Å². The fraction of sp³-hybridized carbons (Fsp3) is 0.846. The number of amides is 6. The second-order valence-corrected chi connectivity index (χ2v) is 17.5. The molecule has 0 aromatic heterocycles. The molecule has 302 valence electrons. The van der Waals surface area contributed by atoms with E-state index in [1.807, 2.05) is 34.0 Å². The van der Waals surface area contributed by atoms with Gasteiger partial charge in [0.05, 0.1) is 6.10 Å². The first-order valence-electron chi connectivity index (χ1n) is 20.1. The number of nitrogens with one attached hydrogen (secondary N) is 4. The van der Waals surface area contributed by atoms with E-state index in [-0.39, 0.29) is 17.7 Å². The van der Waals surface area contributed by atoms with E-state index >= 15 is 0 Å². The third kappa shape index (κ3) is 12.9. The van der Waals surface area contributed by atoms with Crippen LogP contribution in [0.15, 0.2) is 0 Å². The van der Waals surface area contributed by atoms with Crippen LogP contribution in [-0.4, -0.2) is 118 Å². The summed E-state index contributed by atoms with van der Waals surface area (Å²) >= 11 is 1.53. The van der Waals surface area contributed by atoms with Crippen molar-refractivity contribution in [2.45, 2.75) is 161 Å². The van der Waals surface area contributed by atoms with Crippen molar-refractivity contribution in [3.8, 4) is 0 Å². The smallest absolute Gasteiger partial charge is 0.246 e. The Hall–Kier alpha value is -2.87. The molecule has 53 heavy (non-hydrogen) atoms. The molecular weight excluding hydrogens is 697 g/mol. The topological polar surface area (TPSA) is 177 Å². The lowest BCUT2D eigenvalue weighted by atomic mass is 9.79. The largest absolute Gasteiger partial charge is 0.391 e. The third-order valence-electron chi connectivity index (χ3n) is 11.1. The third-order valence-corrected chi connectivity index (χ3v) is 11.8. The molecule has 0 radical (unpaired) electrons. The van der Waals surface area contributed by atoms with Gasteiger partial charge in [0.15, 0.2) is 0 Å². The van der Waals surface area contributed by atoms with E-state index < -0.39 is 65.4 Å². The van der Waals surface area contributed by atoms with E-state index in [1.54, 1.807) is 4.90 Å². The van der Waals surface area contributed by atoms with Gasteiger partial charge in [0, 0.05) is 26.1 Å². The van der Waals surface area contributed by atoms with Crippen molar-refractivity contribution in [3.05, 3.63) is 0 Å². The number of likely N-dealkylation sites (tertiary alicyclic amines) is 2. The molecule has 5 N–H and O–H groups in total. The summed E-state index contributed by atoms with van der Waals surface area (Å²) in [5.74, 6) is -0.981. The average molecular weight is 765 g/mol. The molecule has 13 nitrogen and oxygen atoms in total. The van der Waals surface area contributed by atoms with Gasteiger partial charge in [0.2, 0.25) is 35.4 Å². The minimum atomic E-state index is -1.17. The Balaban J connectivity index is 1.74. The van der Waals surface area contributed by atoms with Crippen molar-refractivity contribution in [3.63, 3.8) is 0 Å². The van der Waals surface area contributed by atoms with Gasteiger partial charge in [-0.2, -0.15) is 11.8 Å². The van der Waals surface area contributed by atoms with E-state index in [0.717, 1.165) is 25.7 Å². The normalized spacial score (nSPS) is 22.6. The van der Waals surface area contributed by atoms with Crippen molar-refractivity contribution >= 4 is 47.2 Å². The van der Waals surface area contributed by atoms with Crippen LogP contribution < -0.4 is 21.3 Å². The molecule has 1 saturated carbocycles. The summed E-state index contributed by atoms with van der Waals surface area (Å²) in [7, 11) is 0. The molecule has 0 bridgehead atoms. The summed E-state index contributed by atoms with van der Waals surface area (Å²) in [6.45, 7) is 12.3. The van der Waals surface area contributed by atoms with Crippen LogP contribution in [0.3, 0.4) is 0 Å². The average Bonchev–Trinajstić information content (AvgIpc) is 3.63. The van der Waals surface area contributed by atoms with Crippen molar-refractivity contribution < 1.29 is 33.9 Å². The van der Waals surface area contributed by atoms with Crippen LogP contribution in [0.5, 0.6) is 0 Å².